The Kier molecular flexibility index (Phi) is 4.36. The van der Waals surface area contributed by atoms with Gasteiger partial charge in [0.2, 0.25) is 0 Å². The predicted octanol–water partition coefficient (Wildman–Crippen LogP) is 2.13. The second kappa shape index (κ2) is 6.41. The monoisotopic (exact) mass is 284 g/mol. The van der Waals surface area contributed by atoms with Crippen LogP contribution in [-0.4, -0.2) is 34.3 Å². The van der Waals surface area contributed by atoms with Crippen LogP contribution in [0.1, 0.15) is 29.9 Å². The van der Waals surface area contributed by atoms with E-state index < -0.39 is 0 Å². The van der Waals surface area contributed by atoms with E-state index in [4.69, 9.17) is 0 Å². The van der Waals surface area contributed by atoms with Gasteiger partial charge in [0.15, 0.2) is 0 Å². The fraction of sp³-hybridized carbons (Fsp3) is 0.471. The maximum absolute atomic E-state index is 4.57. The first-order valence-electron chi connectivity index (χ1n) is 7.79. The van der Waals surface area contributed by atoms with Crippen molar-refractivity contribution in [1.82, 2.24) is 20.0 Å². The molecule has 0 bridgehead atoms. The van der Waals surface area contributed by atoms with Crippen LogP contribution in [0.15, 0.2) is 36.4 Å². The van der Waals surface area contributed by atoms with E-state index >= 15 is 0 Å². The molecule has 2 aromatic rings. The minimum absolute atomic E-state index is 0.444. The molecule has 3 rings (SSSR count). The second-order valence-corrected chi connectivity index (χ2v) is 5.71. The molecule has 1 N–H and O–H groups in total. The summed E-state index contributed by atoms with van der Waals surface area (Å²) in [4.78, 5) is 2.56. The molecule has 1 aromatic heterocycles. The Morgan fingerprint density at radius 2 is 2.10 bits per heavy atom. The lowest BCUT2D eigenvalue weighted by molar-refractivity contribution is 0.150. The summed E-state index contributed by atoms with van der Waals surface area (Å²) in [6, 6.07) is 13.5. The van der Waals surface area contributed by atoms with Crippen molar-refractivity contribution in [2.75, 3.05) is 19.6 Å². The standard InChI is InChI=1S/C17H24N4/c1-3-15-11-16(20(2)19-15)13-21-10-9-18-12-17(21)14-7-5-4-6-8-14/h4-8,11,17-18H,3,9-10,12-13H2,1-2H3. The summed E-state index contributed by atoms with van der Waals surface area (Å²) < 4.78 is 2.03. The van der Waals surface area contributed by atoms with E-state index in [2.05, 4.69) is 58.6 Å². The van der Waals surface area contributed by atoms with Crippen molar-refractivity contribution in [2.45, 2.75) is 25.9 Å². The molecular weight excluding hydrogens is 260 g/mol. The van der Waals surface area contributed by atoms with Crippen LogP contribution in [0.25, 0.3) is 0 Å². The SMILES string of the molecule is CCc1cc(CN2CCNCC2c2ccccc2)n(C)n1. The van der Waals surface area contributed by atoms with E-state index in [-0.39, 0.29) is 0 Å². The summed E-state index contributed by atoms with van der Waals surface area (Å²) in [5.41, 5.74) is 3.87. The number of hydrogen-bond acceptors (Lipinski definition) is 3. The Bertz CT molecular complexity index is 576. The molecule has 0 radical (unpaired) electrons. The van der Waals surface area contributed by atoms with Gasteiger partial charge in [-0.3, -0.25) is 9.58 Å². The first kappa shape index (κ1) is 14.3. The third-order valence-electron chi connectivity index (χ3n) is 4.29. The smallest absolute Gasteiger partial charge is 0.0625 e. The van der Waals surface area contributed by atoms with Crippen LogP contribution in [0.3, 0.4) is 0 Å². The average Bonchev–Trinajstić information content (AvgIpc) is 2.89. The van der Waals surface area contributed by atoms with Crippen molar-refractivity contribution in [1.29, 1.82) is 0 Å². The van der Waals surface area contributed by atoms with E-state index in [9.17, 15) is 0 Å². The average molecular weight is 284 g/mol. The minimum atomic E-state index is 0.444. The normalized spacial score (nSPS) is 19.8. The van der Waals surface area contributed by atoms with Crippen LogP contribution in [0.4, 0.5) is 0 Å². The molecule has 1 unspecified atom stereocenters. The maximum Gasteiger partial charge on any atom is 0.0625 e. The van der Waals surface area contributed by atoms with Gasteiger partial charge in [-0.2, -0.15) is 5.10 Å². The van der Waals surface area contributed by atoms with Gasteiger partial charge in [-0.15, -0.1) is 0 Å². The Labute approximate surface area is 126 Å². The summed E-state index contributed by atoms with van der Waals surface area (Å²) in [5.74, 6) is 0. The molecule has 1 atom stereocenters. The van der Waals surface area contributed by atoms with Crippen molar-refractivity contribution in [3.05, 3.63) is 53.3 Å². The highest BCUT2D eigenvalue weighted by molar-refractivity contribution is 5.20. The molecule has 0 saturated carbocycles. The van der Waals surface area contributed by atoms with Crippen LogP contribution in [0.2, 0.25) is 0 Å². The van der Waals surface area contributed by atoms with Gasteiger partial charge in [0.1, 0.15) is 0 Å². The zero-order valence-corrected chi connectivity index (χ0v) is 12.9. The van der Waals surface area contributed by atoms with Gasteiger partial charge in [-0.1, -0.05) is 37.3 Å². The van der Waals surface area contributed by atoms with E-state index in [0.29, 0.717) is 6.04 Å². The van der Waals surface area contributed by atoms with Crippen molar-refractivity contribution >= 4 is 0 Å². The van der Waals surface area contributed by atoms with Gasteiger partial charge in [-0.05, 0) is 18.1 Å². The summed E-state index contributed by atoms with van der Waals surface area (Å²) >= 11 is 0. The molecule has 0 amide bonds. The Morgan fingerprint density at radius 3 is 2.81 bits per heavy atom. The number of benzene rings is 1. The maximum atomic E-state index is 4.57. The number of aryl methyl sites for hydroxylation is 2. The lowest BCUT2D eigenvalue weighted by Crippen LogP contribution is -2.45. The molecule has 1 aromatic carbocycles. The highest BCUT2D eigenvalue weighted by atomic mass is 15.3. The quantitative estimate of drug-likeness (QED) is 0.933. The van der Waals surface area contributed by atoms with Crippen molar-refractivity contribution in [3.63, 3.8) is 0 Å². The van der Waals surface area contributed by atoms with Gasteiger partial charge < -0.3 is 5.32 Å². The topological polar surface area (TPSA) is 33.1 Å². The van der Waals surface area contributed by atoms with E-state index in [1.165, 1.54) is 17.0 Å². The molecule has 1 saturated heterocycles. The fourth-order valence-corrected chi connectivity index (χ4v) is 3.04. The first-order chi connectivity index (χ1) is 10.3. The van der Waals surface area contributed by atoms with Crippen molar-refractivity contribution < 1.29 is 0 Å². The lowest BCUT2D eigenvalue weighted by Gasteiger charge is -2.36. The zero-order valence-electron chi connectivity index (χ0n) is 12.9. The number of aromatic nitrogens is 2. The van der Waals surface area contributed by atoms with E-state index in [0.717, 1.165) is 32.6 Å². The van der Waals surface area contributed by atoms with Crippen molar-refractivity contribution in [3.8, 4) is 0 Å². The molecule has 112 valence electrons. The molecule has 0 spiro atoms. The number of nitrogens with zero attached hydrogens (tertiary/aromatic N) is 3. The minimum Gasteiger partial charge on any atom is -0.314 e. The molecule has 1 aliphatic heterocycles. The summed E-state index contributed by atoms with van der Waals surface area (Å²) in [5, 5.41) is 8.08. The van der Waals surface area contributed by atoms with Crippen LogP contribution in [0, 0.1) is 0 Å². The van der Waals surface area contributed by atoms with Gasteiger partial charge in [0.25, 0.3) is 0 Å². The molecule has 1 aliphatic rings. The number of hydrogen-bond donors (Lipinski definition) is 1. The molecule has 2 heterocycles. The zero-order chi connectivity index (χ0) is 14.7. The molecule has 4 nitrogen and oxygen atoms in total. The number of nitrogens with one attached hydrogen (secondary N) is 1. The van der Waals surface area contributed by atoms with Crippen LogP contribution in [-0.2, 0) is 20.0 Å². The predicted molar refractivity (Wildman–Crippen MR) is 85.0 cm³/mol. The fourth-order valence-electron chi connectivity index (χ4n) is 3.04. The van der Waals surface area contributed by atoms with Gasteiger partial charge >= 0.3 is 0 Å². The van der Waals surface area contributed by atoms with Gasteiger partial charge in [0, 0.05) is 39.3 Å². The summed E-state index contributed by atoms with van der Waals surface area (Å²) in [6.07, 6.45) is 0.998. The second-order valence-electron chi connectivity index (χ2n) is 5.71. The molecule has 4 heteroatoms. The van der Waals surface area contributed by atoms with Gasteiger partial charge in [-0.25, -0.2) is 0 Å². The summed E-state index contributed by atoms with van der Waals surface area (Å²) in [6.45, 7) is 6.27. The lowest BCUT2D eigenvalue weighted by atomic mass is 10.0. The molecule has 0 aliphatic carbocycles. The number of piperazine rings is 1. The molecular formula is C17H24N4. The third kappa shape index (κ3) is 3.17. The largest absolute Gasteiger partial charge is 0.314 e. The van der Waals surface area contributed by atoms with Gasteiger partial charge in [0.05, 0.1) is 11.4 Å². The summed E-state index contributed by atoms with van der Waals surface area (Å²) in [7, 11) is 2.05. The van der Waals surface area contributed by atoms with E-state index in [1.54, 1.807) is 0 Å². The van der Waals surface area contributed by atoms with Crippen molar-refractivity contribution in [2.24, 2.45) is 7.05 Å². The van der Waals surface area contributed by atoms with Crippen LogP contribution >= 0.6 is 0 Å². The Morgan fingerprint density at radius 1 is 1.29 bits per heavy atom. The highest BCUT2D eigenvalue weighted by Gasteiger charge is 2.24. The molecule has 1 fully saturated rings. The van der Waals surface area contributed by atoms with Crippen LogP contribution < -0.4 is 5.32 Å². The highest BCUT2D eigenvalue weighted by Crippen LogP contribution is 2.24. The van der Waals surface area contributed by atoms with Crippen LogP contribution in [0.5, 0.6) is 0 Å². The number of rotatable bonds is 4. The third-order valence-corrected chi connectivity index (χ3v) is 4.29. The molecule has 21 heavy (non-hydrogen) atoms. The first-order valence-corrected chi connectivity index (χ1v) is 7.79. The van der Waals surface area contributed by atoms with E-state index in [1.807, 2.05) is 11.7 Å². The Hall–Kier alpha value is -1.65. The Balaban J connectivity index is 1.79.